The van der Waals surface area contributed by atoms with Crippen LogP contribution in [-0.4, -0.2) is 44.6 Å². The first-order valence-corrected chi connectivity index (χ1v) is 10.7. The Bertz CT molecular complexity index is 1080. The molecule has 160 valence electrons. The maximum atomic E-state index is 12.6. The standard InChI is InChI=1S/C19H21N3O7S/c1-4-29-19(24)14-8-5-6-9-15(14)20-18(23)12-21(30(3,27)28)16-10-7-11-17(13(16)2)22(25)26/h5-11H,4,12H2,1-3H3,(H,20,23). The summed E-state index contributed by atoms with van der Waals surface area (Å²) < 4.78 is 30.4. The number of nitro groups is 1. The second-order valence-electron chi connectivity index (χ2n) is 6.26. The Morgan fingerprint density at radius 2 is 1.83 bits per heavy atom. The van der Waals surface area contributed by atoms with E-state index in [9.17, 15) is 28.1 Å². The van der Waals surface area contributed by atoms with Crippen LogP contribution in [0.1, 0.15) is 22.8 Å². The molecule has 0 aliphatic carbocycles. The largest absolute Gasteiger partial charge is 0.462 e. The smallest absolute Gasteiger partial charge is 0.340 e. The van der Waals surface area contributed by atoms with E-state index in [0.717, 1.165) is 10.6 Å². The molecule has 0 radical (unpaired) electrons. The fourth-order valence-corrected chi connectivity index (χ4v) is 3.67. The van der Waals surface area contributed by atoms with Gasteiger partial charge in [0.25, 0.3) is 5.69 Å². The van der Waals surface area contributed by atoms with Crippen LogP contribution in [0.5, 0.6) is 0 Å². The summed E-state index contributed by atoms with van der Waals surface area (Å²) in [6, 6.07) is 10.1. The van der Waals surface area contributed by atoms with Gasteiger partial charge in [0.05, 0.1) is 40.3 Å². The van der Waals surface area contributed by atoms with Gasteiger partial charge in [0.15, 0.2) is 0 Å². The zero-order valence-corrected chi connectivity index (χ0v) is 17.4. The van der Waals surface area contributed by atoms with Crippen molar-refractivity contribution in [1.82, 2.24) is 0 Å². The molecule has 2 rings (SSSR count). The van der Waals surface area contributed by atoms with Crippen LogP contribution in [0.4, 0.5) is 17.1 Å². The first-order valence-electron chi connectivity index (χ1n) is 8.84. The zero-order chi connectivity index (χ0) is 22.5. The number of rotatable bonds is 8. The molecule has 0 aliphatic rings. The number of para-hydroxylation sites is 1. The number of benzene rings is 2. The molecule has 0 aromatic heterocycles. The molecule has 0 bridgehead atoms. The third-order valence-electron chi connectivity index (χ3n) is 4.13. The summed E-state index contributed by atoms with van der Waals surface area (Å²) in [6.07, 6.45) is 0.894. The summed E-state index contributed by atoms with van der Waals surface area (Å²) in [5.41, 5.74) is 0.123. The number of sulfonamides is 1. The van der Waals surface area contributed by atoms with E-state index in [2.05, 4.69) is 5.32 Å². The predicted molar refractivity (Wildman–Crippen MR) is 111 cm³/mol. The fraction of sp³-hybridized carbons (Fsp3) is 0.263. The molecule has 0 unspecified atom stereocenters. The van der Waals surface area contributed by atoms with E-state index >= 15 is 0 Å². The Morgan fingerprint density at radius 1 is 1.17 bits per heavy atom. The zero-order valence-electron chi connectivity index (χ0n) is 16.6. The van der Waals surface area contributed by atoms with E-state index in [4.69, 9.17) is 4.74 Å². The van der Waals surface area contributed by atoms with Crippen LogP contribution in [0.25, 0.3) is 0 Å². The SMILES string of the molecule is CCOC(=O)c1ccccc1NC(=O)CN(c1cccc([N+](=O)[O-])c1C)S(C)(=O)=O. The quantitative estimate of drug-likeness (QED) is 0.382. The van der Waals surface area contributed by atoms with Gasteiger partial charge in [-0.1, -0.05) is 18.2 Å². The van der Waals surface area contributed by atoms with Crippen molar-refractivity contribution in [2.45, 2.75) is 13.8 Å². The summed E-state index contributed by atoms with van der Waals surface area (Å²) in [6.45, 7) is 2.55. The molecule has 30 heavy (non-hydrogen) atoms. The first-order chi connectivity index (χ1) is 14.1. The predicted octanol–water partition coefficient (Wildman–Crippen LogP) is 2.48. The summed E-state index contributed by atoms with van der Waals surface area (Å²) in [4.78, 5) is 35.2. The number of hydrogen-bond donors (Lipinski definition) is 1. The van der Waals surface area contributed by atoms with E-state index < -0.39 is 33.4 Å². The number of carbonyl (C=O) groups is 2. The van der Waals surface area contributed by atoms with E-state index in [1.165, 1.54) is 37.3 Å². The molecule has 0 aliphatic heterocycles. The lowest BCUT2D eigenvalue weighted by Gasteiger charge is -2.23. The minimum absolute atomic E-state index is 0.0144. The van der Waals surface area contributed by atoms with Crippen molar-refractivity contribution in [1.29, 1.82) is 0 Å². The molecular weight excluding hydrogens is 414 g/mol. The number of ether oxygens (including phenoxy) is 1. The van der Waals surface area contributed by atoms with Crippen LogP contribution < -0.4 is 9.62 Å². The summed E-state index contributed by atoms with van der Waals surface area (Å²) >= 11 is 0. The molecule has 0 spiro atoms. The summed E-state index contributed by atoms with van der Waals surface area (Å²) in [5, 5.41) is 13.7. The lowest BCUT2D eigenvalue weighted by Crippen LogP contribution is -2.38. The molecule has 11 heteroatoms. The number of nitrogens with zero attached hydrogens (tertiary/aromatic N) is 2. The minimum Gasteiger partial charge on any atom is -0.462 e. The van der Waals surface area contributed by atoms with Gasteiger partial charge >= 0.3 is 5.97 Å². The van der Waals surface area contributed by atoms with Crippen molar-refractivity contribution in [3.63, 3.8) is 0 Å². The summed E-state index contributed by atoms with van der Waals surface area (Å²) in [5.74, 6) is -1.37. The Labute approximate surface area is 173 Å². The van der Waals surface area contributed by atoms with Gasteiger partial charge in [0.2, 0.25) is 15.9 Å². The Hall–Kier alpha value is -3.47. The number of hydrogen-bond acceptors (Lipinski definition) is 7. The lowest BCUT2D eigenvalue weighted by atomic mass is 10.1. The first kappa shape index (κ1) is 22.8. The van der Waals surface area contributed by atoms with Gasteiger partial charge in [0.1, 0.15) is 6.54 Å². The van der Waals surface area contributed by atoms with Crippen molar-refractivity contribution in [3.8, 4) is 0 Å². The molecule has 0 heterocycles. The van der Waals surface area contributed by atoms with Crippen LogP contribution in [0.15, 0.2) is 42.5 Å². The average Bonchev–Trinajstić information content (AvgIpc) is 2.66. The van der Waals surface area contributed by atoms with E-state index in [0.29, 0.717) is 0 Å². The third kappa shape index (κ3) is 5.32. The number of nitro benzene ring substituents is 1. The van der Waals surface area contributed by atoms with Gasteiger partial charge in [-0.05, 0) is 32.0 Å². The Kier molecular flexibility index (Phi) is 7.11. The maximum absolute atomic E-state index is 12.6. The highest BCUT2D eigenvalue weighted by atomic mass is 32.2. The highest BCUT2D eigenvalue weighted by Crippen LogP contribution is 2.29. The molecule has 0 fully saturated rings. The number of anilines is 2. The molecule has 1 N–H and O–H groups in total. The van der Waals surface area contributed by atoms with Crippen molar-refractivity contribution in [3.05, 3.63) is 63.7 Å². The number of amides is 1. The third-order valence-corrected chi connectivity index (χ3v) is 5.25. The van der Waals surface area contributed by atoms with Gasteiger partial charge < -0.3 is 10.1 Å². The van der Waals surface area contributed by atoms with Gasteiger partial charge in [-0.3, -0.25) is 19.2 Å². The average molecular weight is 435 g/mol. The van der Waals surface area contributed by atoms with Crippen LogP contribution in [0.2, 0.25) is 0 Å². The van der Waals surface area contributed by atoms with Crippen molar-refractivity contribution < 1.29 is 27.7 Å². The van der Waals surface area contributed by atoms with E-state index in [-0.39, 0.29) is 34.8 Å². The molecule has 10 nitrogen and oxygen atoms in total. The van der Waals surface area contributed by atoms with Gasteiger partial charge in [-0.25, -0.2) is 13.2 Å². The lowest BCUT2D eigenvalue weighted by molar-refractivity contribution is -0.385. The molecular formula is C19H21N3O7S. The fourth-order valence-electron chi connectivity index (χ4n) is 2.76. The molecule has 0 saturated heterocycles. The second-order valence-corrected chi connectivity index (χ2v) is 8.17. The van der Waals surface area contributed by atoms with E-state index in [1.807, 2.05) is 0 Å². The maximum Gasteiger partial charge on any atom is 0.340 e. The summed E-state index contributed by atoms with van der Waals surface area (Å²) in [7, 11) is -3.95. The number of carbonyl (C=O) groups excluding carboxylic acids is 2. The van der Waals surface area contributed by atoms with Crippen LogP contribution in [0, 0.1) is 17.0 Å². The van der Waals surface area contributed by atoms with Crippen LogP contribution in [-0.2, 0) is 19.6 Å². The highest BCUT2D eigenvalue weighted by molar-refractivity contribution is 7.92. The number of nitrogens with one attached hydrogen (secondary N) is 1. The number of esters is 1. The van der Waals surface area contributed by atoms with Gasteiger partial charge in [0, 0.05) is 6.07 Å². The normalized spacial score (nSPS) is 10.9. The molecule has 0 atom stereocenters. The second kappa shape index (κ2) is 9.35. The topological polar surface area (TPSA) is 136 Å². The van der Waals surface area contributed by atoms with E-state index in [1.54, 1.807) is 19.1 Å². The highest BCUT2D eigenvalue weighted by Gasteiger charge is 2.26. The Morgan fingerprint density at radius 3 is 2.43 bits per heavy atom. The van der Waals surface area contributed by atoms with Crippen molar-refractivity contribution in [2.24, 2.45) is 0 Å². The monoisotopic (exact) mass is 435 g/mol. The van der Waals surface area contributed by atoms with Crippen molar-refractivity contribution in [2.75, 3.05) is 29.0 Å². The Balaban J connectivity index is 2.35. The van der Waals surface area contributed by atoms with Crippen LogP contribution >= 0.6 is 0 Å². The van der Waals surface area contributed by atoms with Crippen molar-refractivity contribution >= 4 is 39.0 Å². The molecule has 2 aromatic rings. The van der Waals surface area contributed by atoms with Gasteiger partial charge in [-0.2, -0.15) is 0 Å². The van der Waals surface area contributed by atoms with Gasteiger partial charge in [-0.15, -0.1) is 0 Å². The molecule has 1 amide bonds. The molecule has 0 saturated carbocycles. The minimum atomic E-state index is -3.95. The molecule has 2 aromatic carbocycles. The van der Waals surface area contributed by atoms with Crippen LogP contribution in [0.3, 0.4) is 0 Å².